The second kappa shape index (κ2) is 9.21. The zero-order valence-electron chi connectivity index (χ0n) is 9.52. The number of nitrogens with zero attached hydrogens (tertiary/aromatic N) is 1. The van der Waals surface area contributed by atoms with Crippen molar-refractivity contribution in [3.05, 3.63) is 42.2 Å². The Labute approximate surface area is 96.4 Å². The molecule has 1 heterocycles. The van der Waals surface area contributed by atoms with E-state index in [9.17, 15) is 0 Å². The summed E-state index contributed by atoms with van der Waals surface area (Å²) in [6, 6.07) is 0. The van der Waals surface area contributed by atoms with Gasteiger partial charge in [0.05, 0.1) is 16.4 Å². The van der Waals surface area contributed by atoms with Gasteiger partial charge in [-0.3, -0.25) is 5.10 Å². The number of aromatic nitrogens is 2. The number of H-pyrrole nitrogens is 1. The van der Waals surface area contributed by atoms with Crippen LogP contribution in [-0.4, -0.2) is 15.9 Å². The minimum Gasteiger partial charge on any atom is -0.303 e. The fraction of sp³-hybridized carbons (Fsp3) is 0.273. The Bertz CT molecular complexity index is 316. The summed E-state index contributed by atoms with van der Waals surface area (Å²) in [5.41, 5.74) is 1.73. The maximum absolute atomic E-state index is 7.22. The van der Waals surface area contributed by atoms with Crippen LogP contribution in [0, 0.1) is 12.3 Å². The van der Waals surface area contributed by atoms with E-state index in [2.05, 4.69) is 29.9 Å². The van der Waals surface area contributed by atoms with Crippen molar-refractivity contribution in [3.8, 4) is 0 Å². The molecule has 0 aliphatic heterocycles. The molecule has 1 aromatic heterocycles. The summed E-state index contributed by atoms with van der Waals surface area (Å²) in [4.78, 5) is 0. The number of hydrogen-bond donors (Lipinski definition) is 2. The summed E-state index contributed by atoms with van der Waals surface area (Å²) in [5.74, 6) is 0. The Balaban J connectivity index is 0. The van der Waals surface area contributed by atoms with Crippen LogP contribution in [-0.2, 0) is 0 Å². The number of nitrogens with one attached hydrogen (secondary N) is 2. The lowest BCUT2D eigenvalue weighted by Crippen LogP contribution is -1.92. The van der Waals surface area contributed by atoms with Crippen LogP contribution < -0.4 is 0 Å². The molecular formula is C11H18ClN3. The molecule has 0 fully saturated rings. The van der Waals surface area contributed by atoms with Crippen molar-refractivity contribution < 1.29 is 0 Å². The molecule has 0 unspecified atom stereocenters. The summed E-state index contributed by atoms with van der Waals surface area (Å²) in [5, 5.41) is 14.3. The van der Waals surface area contributed by atoms with Crippen molar-refractivity contribution in [3.63, 3.8) is 0 Å². The van der Waals surface area contributed by atoms with Crippen LogP contribution in [0.3, 0.4) is 0 Å². The van der Waals surface area contributed by atoms with E-state index in [1.54, 1.807) is 13.0 Å². The molecule has 0 bridgehead atoms. The zero-order valence-corrected chi connectivity index (χ0v) is 10.3. The van der Waals surface area contributed by atoms with Crippen LogP contribution in [0.4, 0.5) is 0 Å². The topological polar surface area (TPSA) is 52.5 Å². The Morgan fingerprint density at radius 2 is 1.93 bits per heavy atom. The van der Waals surface area contributed by atoms with Crippen LogP contribution >= 0.6 is 11.6 Å². The van der Waals surface area contributed by atoms with Crippen molar-refractivity contribution in [2.24, 2.45) is 0 Å². The lowest BCUT2D eigenvalue weighted by Gasteiger charge is -1.88. The highest BCUT2D eigenvalue weighted by Gasteiger charge is 2.07. The van der Waals surface area contributed by atoms with Gasteiger partial charge in [-0.15, -0.1) is 19.7 Å². The van der Waals surface area contributed by atoms with Crippen molar-refractivity contribution >= 4 is 17.3 Å². The summed E-state index contributed by atoms with van der Waals surface area (Å²) < 4.78 is 0. The molecule has 3 nitrogen and oxygen atoms in total. The van der Waals surface area contributed by atoms with Gasteiger partial charge in [0.25, 0.3) is 0 Å². The molecule has 4 heteroatoms. The maximum atomic E-state index is 7.22. The smallest absolute Gasteiger partial charge is 0.124 e. The standard InChI is InChI=1S/C6H8ClN3.C3H6.C2H4/c1-3(8)6-5(7)4(2)9-10-6;1-3-2;1-2/h8H,1-2H3,(H,9,10);3H,1H2,2H3;1-2H2. The number of hydrogen-bond acceptors (Lipinski definition) is 2. The van der Waals surface area contributed by atoms with Crippen LogP contribution in [0.1, 0.15) is 25.2 Å². The highest BCUT2D eigenvalue weighted by Crippen LogP contribution is 2.16. The minimum absolute atomic E-state index is 0.384. The molecule has 0 spiro atoms. The van der Waals surface area contributed by atoms with E-state index >= 15 is 0 Å². The van der Waals surface area contributed by atoms with E-state index in [0.29, 0.717) is 16.4 Å². The summed E-state index contributed by atoms with van der Waals surface area (Å²) in [6.07, 6.45) is 1.75. The molecule has 1 rings (SSSR count). The summed E-state index contributed by atoms with van der Waals surface area (Å²) in [7, 11) is 0. The molecular weight excluding hydrogens is 210 g/mol. The monoisotopic (exact) mass is 227 g/mol. The van der Waals surface area contributed by atoms with Crippen molar-refractivity contribution in [2.75, 3.05) is 0 Å². The SMILES string of the molecule is C=C.C=CC.CC(=N)c1n[nH]c(C)c1Cl. The van der Waals surface area contributed by atoms with Gasteiger partial charge in [0, 0.05) is 0 Å². The van der Waals surface area contributed by atoms with Gasteiger partial charge in [-0.25, -0.2) is 0 Å². The Morgan fingerprint density at radius 1 is 1.53 bits per heavy atom. The molecule has 0 amide bonds. The predicted molar refractivity (Wildman–Crippen MR) is 68.0 cm³/mol. The fourth-order valence-electron chi connectivity index (χ4n) is 0.664. The molecule has 0 atom stereocenters. The zero-order chi connectivity index (χ0) is 12.4. The van der Waals surface area contributed by atoms with Crippen LogP contribution in [0.5, 0.6) is 0 Å². The van der Waals surface area contributed by atoms with Crippen molar-refractivity contribution in [1.29, 1.82) is 5.41 Å². The van der Waals surface area contributed by atoms with Crippen LogP contribution in [0.2, 0.25) is 5.02 Å². The summed E-state index contributed by atoms with van der Waals surface area (Å²) in [6.45, 7) is 14.7. The molecule has 15 heavy (non-hydrogen) atoms. The number of aryl methyl sites for hydroxylation is 1. The quantitative estimate of drug-likeness (QED) is 0.557. The summed E-state index contributed by atoms with van der Waals surface area (Å²) >= 11 is 5.77. The lowest BCUT2D eigenvalue weighted by atomic mass is 10.3. The molecule has 0 aliphatic rings. The third kappa shape index (κ3) is 5.86. The molecule has 0 saturated heterocycles. The molecule has 0 aromatic carbocycles. The van der Waals surface area contributed by atoms with E-state index in [1.165, 1.54) is 0 Å². The van der Waals surface area contributed by atoms with Gasteiger partial charge in [-0.2, -0.15) is 5.10 Å². The third-order valence-corrected chi connectivity index (χ3v) is 1.69. The first-order chi connectivity index (χ1) is 7.04. The molecule has 1 aromatic rings. The first-order valence-corrected chi connectivity index (χ1v) is 4.75. The Hall–Kier alpha value is -1.35. The van der Waals surface area contributed by atoms with Crippen molar-refractivity contribution in [1.82, 2.24) is 10.2 Å². The second-order valence-corrected chi connectivity index (χ2v) is 2.92. The van der Waals surface area contributed by atoms with Gasteiger partial charge in [-0.05, 0) is 20.8 Å². The van der Waals surface area contributed by atoms with Gasteiger partial charge in [0.15, 0.2) is 0 Å². The Morgan fingerprint density at radius 3 is 2.07 bits per heavy atom. The third-order valence-electron chi connectivity index (χ3n) is 1.23. The lowest BCUT2D eigenvalue weighted by molar-refractivity contribution is 1.04. The van der Waals surface area contributed by atoms with Crippen LogP contribution in [0.15, 0.2) is 25.8 Å². The van der Waals surface area contributed by atoms with Gasteiger partial charge in [-0.1, -0.05) is 17.7 Å². The number of aromatic amines is 1. The average molecular weight is 228 g/mol. The highest BCUT2D eigenvalue weighted by molar-refractivity contribution is 6.34. The van der Waals surface area contributed by atoms with E-state index in [1.807, 2.05) is 13.8 Å². The van der Waals surface area contributed by atoms with Gasteiger partial charge >= 0.3 is 0 Å². The first-order valence-electron chi connectivity index (χ1n) is 4.37. The van der Waals surface area contributed by atoms with E-state index in [-0.39, 0.29) is 0 Å². The van der Waals surface area contributed by atoms with Gasteiger partial charge in [0.1, 0.15) is 5.69 Å². The maximum Gasteiger partial charge on any atom is 0.124 e. The fourth-order valence-corrected chi connectivity index (χ4v) is 0.890. The highest BCUT2D eigenvalue weighted by atomic mass is 35.5. The number of allylic oxidation sites excluding steroid dienone is 1. The Kier molecular flexibility index (Phi) is 9.89. The van der Waals surface area contributed by atoms with Gasteiger partial charge in [0.2, 0.25) is 0 Å². The second-order valence-electron chi connectivity index (χ2n) is 2.54. The normalized spacial score (nSPS) is 7.73. The van der Waals surface area contributed by atoms with Gasteiger partial charge < -0.3 is 5.41 Å². The largest absolute Gasteiger partial charge is 0.303 e. The minimum atomic E-state index is 0.384. The van der Waals surface area contributed by atoms with E-state index in [0.717, 1.165) is 5.69 Å². The molecule has 0 saturated carbocycles. The van der Waals surface area contributed by atoms with Crippen molar-refractivity contribution in [2.45, 2.75) is 20.8 Å². The number of rotatable bonds is 1. The average Bonchev–Trinajstić information content (AvgIpc) is 2.52. The first kappa shape index (κ1) is 16.1. The van der Waals surface area contributed by atoms with Crippen LogP contribution in [0.25, 0.3) is 0 Å². The van der Waals surface area contributed by atoms with E-state index < -0.39 is 0 Å². The predicted octanol–water partition coefficient (Wildman–Crippen LogP) is 3.75. The molecule has 0 radical (unpaired) electrons. The molecule has 0 aliphatic carbocycles. The molecule has 84 valence electrons. The molecule has 2 N–H and O–H groups in total. The van der Waals surface area contributed by atoms with E-state index in [4.69, 9.17) is 17.0 Å². The number of halogens is 1.